The first-order chi connectivity index (χ1) is 21.6. The van der Waals surface area contributed by atoms with E-state index < -0.39 is 41.2 Å². The fourth-order valence-corrected chi connectivity index (χ4v) is 5.79. The highest BCUT2D eigenvalue weighted by Gasteiger charge is 2.41. The Kier molecular flexibility index (Phi) is 8.70. The molecule has 222 valence electrons. The first-order valence-electron chi connectivity index (χ1n) is 13.4. The fraction of sp³-hybridized carbons (Fsp3) is 0.121. The number of benzene rings is 3. The van der Waals surface area contributed by atoms with Crippen LogP contribution < -0.4 is 10.6 Å². The van der Waals surface area contributed by atoms with Crippen molar-refractivity contribution in [3.63, 3.8) is 0 Å². The van der Waals surface area contributed by atoms with Crippen molar-refractivity contribution < 1.29 is 28.3 Å². The maximum absolute atomic E-state index is 13.4. The minimum Gasteiger partial charge on any atom is -0.454 e. The molecule has 2 amide bonds. The lowest BCUT2D eigenvalue weighted by Gasteiger charge is -2.16. The zero-order valence-electron chi connectivity index (χ0n) is 23.6. The Hall–Kier alpha value is -5.85. The molecule has 1 aliphatic rings. The van der Waals surface area contributed by atoms with E-state index in [9.17, 15) is 34.1 Å². The van der Waals surface area contributed by atoms with Gasteiger partial charge in [-0.25, -0.2) is 19.1 Å². The number of carbonyl (C=O) groups is 4. The number of hydrogen-bond acceptors (Lipinski definition) is 10. The van der Waals surface area contributed by atoms with E-state index in [-0.39, 0.29) is 45.2 Å². The second kappa shape index (κ2) is 12.8. The summed E-state index contributed by atoms with van der Waals surface area (Å²) in [6.07, 6.45) is -0.189. The number of esters is 1. The number of nitrogens with zero attached hydrogens (tertiary/aromatic N) is 4. The summed E-state index contributed by atoms with van der Waals surface area (Å²) in [5, 5.41) is 19.0. The predicted molar refractivity (Wildman–Crippen MR) is 162 cm³/mol. The molecule has 0 saturated carbocycles. The zero-order chi connectivity index (χ0) is 32.2. The quantitative estimate of drug-likeness (QED) is 0.161. The summed E-state index contributed by atoms with van der Waals surface area (Å²) in [6, 6.07) is 21.6. The number of carbonyl (C=O) groups excluding carboxylic acids is 4. The molecule has 45 heavy (non-hydrogen) atoms. The van der Waals surface area contributed by atoms with E-state index in [0.717, 1.165) is 34.4 Å². The van der Waals surface area contributed by atoms with Crippen molar-refractivity contribution in [3.8, 4) is 23.3 Å². The van der Waals surface area contributed by atoms with Crippen molar-refractivity contribution >= 4 is 46.8 Å². The molecule has 3 aromatic carbocycles. The van der Waals surface area contributed by atoms with Crippen molar-refractivity contribution in [3.05, 3.63) is 106 Å². The lowest BCUT2D eigenvalue weighted by Crippen LogP contribution is -2.31. The number of hydrogen-bond donors (Lipinski definition) is 1. The molecule has 4 aromatic rings. The Morgan fingerprint density at radius 3 is 2.22 bits per heavy atom. The molecule has 1 unspecified atom stereocenters. The van der Waals surface area contributed by atoms with Crippen LogP contribution in [0, 0.1) is 35.4 Å². The topological polar surface area (TPSA) is 167 Å². The number of nitrogen functional groups attached to an aromatic ring is 1. The smallest absolute Gasteiger partial charge is 0.338 e. The van der Waals surface area contributed by atoms with Crippen molar-refractivity contribution in [1.82, 2.24) is 4.98 Å². The number of aryl methyl sites for hydroxylation is 1. The van der Waals surface area contributed by atoms with Gasteiger partial charge < -0.3 is 10.5 Å². The highest BCUT2D eigenvalue weighted by molar-refractivity contribution is 8.00. The van der Waals surface area contributed by atoms with Crippen molar-refractivity contribution in [2.24, 2.45) is 0 Å². The number of ketones is 1. The number of nitriles is 2. The summed E-state index contributed by atoms with van der Waals surface area (Å²) in [6.45, 7) is 1.34. The van der Waals surface area contributed by atoms with Gasteiger partial charge in [-0.3, -0.25) is 14.4 Å². The second-order valence-electron chi connectivity index (χ2n) is 9.95. The van der Waals surface area contributed by atoms with Crippen LogP contribution in [-0.4, -0.2) is 40.4 Å². The number of Topliss-reactive ketones (excluding diaryl/α,β-unsaturated/α-hetero) is 1. The van der Waals surface area contributed by atoms with Gasteiger partial charge in [0.05, 0.1) is 22.1 Å². The van der Waals surface area contributed by atoms with Gasteiger partial charge in [-0.1, -0.05) is 41.6 Å². The number of anilines is 2. The first kappa shape index (κ1) is 30.6. The Morgan fingerprint density at radius 2 is 1.60 bits per heavy atom. The maximum Gasteiger partial charge on any atom is 0.338 e. The molecule has 10 nitrogen and oxygen atoms in total. The van der Waals surface area contributed by atoms with Crippen LogP contribution in [0.3, 0.4) is 0 Å². The maximum atomic E-state index is 13.4. The van der Waals surface area contributed by atoms with E-state index in [1.54, 1.807) is 12.1 Å². The number of pyridine rings is 1. The van der Waals surface area contributed by atoms with Crippen molar-refractivity contribution in [2.75, 3.05) is 17.2 Å². The monoisotopic (exact) mass is 619 g/mol. The molecule has 0 radical (unpaired) electrons. The molecule has 1 aliphatic heterocycles. The highest BCUT2D eigenvalue weighted by Crippen LogP contribution is 2.40. The summed E-state index contributed by atoms with van der Waals surface area (Å²) in [4.78, 5) is 56.3. The van der Waals surface area contributed by atoms with Crippen LogP contribution in [0.15, 0.2) is 77.8 Å². The SMILES string of the molecule is Cc1ccc(-c2c(C#N)c(N)nc(SC3CC(=O)N(c4ccc(C(=O)OCC(=O)c5ccc(F)cc5)cc4)C3=O)c2C#N)cc1. The van der Waals surface area contributed by atoms with E-state index in [0.29, 0.717) is 11.1 Å². The van der Waals surface area contributed by atoms with Gasteiger partial charge in [0.2, 0.25) is 11.8 Å². The minimum absolute atomic E-state index is 0.0358. The molecule has 1 saturated heterocycles. The Morgan fingerprint density at radius 1 is 0.978 bits per heavy atom. The molecule has 12 heteroatoms. The van der Waals surface area contributed by atoms with Crippen LogP contribution >= 0.6 is 11.8 Å². The van der Waals surface area contributed by atoms with Crippen molar-refractivity contribution in [2.45, 2.75) is 23.6 Å². The van der Waals surface area contributed by atoms with Crippen LogP contribution in [0.4, 0.5) is 15.9 Å². The van der Waals surface area contributed by atoms with Gasteiger partial charge in [-0.2, -0.15) is 10.5 Å². The van der Waals surface area contributed by atoms with E-state index in [1.165, 1.54) is 36.4 Å². The molecule has 0 aliphatic carbocycles. The van der Waals surface area contributed by atoms with Crippen LogP contribution in [-0.2, 0) is 14.3 Å². The normalized spacial score (nSPS) is 14.1. The summed E-state index contributed by atoms with van der Waals surface area (Å²) in [5.41, 5.74) is 8.53. The standard InChI is InChI=1S/C33H22FN5O5S/c1-18-2-4-20(5-3-18)29-24(15-35)30(37)38-31(25(29)16-36)45-27-14-28(41)39(32(27)42)23-12-8-21(9-13-23)33(43)44-17-26(40)19-6-10-22(34)11-7-19/h2-13,27H,14,17H2,1H3,(H2,37,38). The zero-order valence-corrected chi connectivity index (χ0v) is 24.4. The van der Waals surface area contributed by atoms with Crippen molar-refractivity contribution in [1.29, 1.82) is 10.5 Å². The number of nitrogens with two attached hydrogens (primary N) is 1. The summed E-state index contributed by atoms with van der Waals surface area (Å²) < 4.78 is 18.1. The Balaban J connectivity index is 1.32. The van der Waals surface area contributed by atoms with Gasteiger partial charge >= 0.3 is 5.97 Å². The molecule has 2 N–H and O–H groups in total. The second-order valence-corrected chi connectivity index (χ2v) is 11.1. The van der Waals surface area contributed by atoms with Crippen LogP contribution in [0.25, 0.3) is 11.1 Å². The molecule has 5 rings (SSSR count). The number of amides is 2. The third-order valence-electron chi connectivity index (χ3n) is 6.98. The average Bonchev–Trinajstić information content (AvgIpc) is 3.31. The molecular weight excluding hydrogens is 597 g/mol. The summed E-state index contributed by atoms with van der Waals surface area (Å²) in [5.74, 6) is -2.99. The van der Waals surface area contributed by atoms with E-state index in [1.807, 2.05) is 25.1 Å². The average molecular weight is 620 g/mol. The number of aromatic nitrogens is 1. The third kappa shape index (κ3) is 6.27. The Bertz CT molecular complexity index is 1930. The number of thioether (sulfide) groups is 1. The van der Waals surface area contributed by atoms with Gasteiger partial charge in [0, 0.05) is 17.5 Å². The molecule has 1 aromatic heterocycles. The van der Waals surface area contributed by atoms with Crippen LogP contribution in [0.5, 0.6) is 0 Å². The van der Waals surface area contributed by atoms with E-state index in [4.69, 9.17) is 10.5 Å². The number of rotatable bonds is 8. The van der Waals surface area contributed by atoms with Crippen LogP contribution in [0.1, 0.15) is 43.8 Å². The third-order valence-corrected chi connectivity index (χ3v) is 8.15. The number of imide groups is 1. The first-order valence-corrected chi connectivity index (χ1v) is 14.3. The number of ether oxygens (including phenoxy) is 1. The van der Waals surface area contributed by atoms with Gasteiger partial charge in [0.25, 0.3) is 0 Å². The van der Waals surface area contributed by atoms with E-state index >= 15 is 0 Å². The van der Waals surface area contributed by atoms with Gasteiger partial charge in [0.15, 0.2) is 12.4 Å². The van der Waals surface area contributed by atoms with Gasteiger partial charge in [-0.15, -0.1) is 0 Å². The largest absolute Gasteiger partial charge is 0.454 e. The van der Waals surface area contributed by atoms with Crippen LogP contribution in [0.2, 0.25) is 0 Å². The molecule has 1 fully saturated rings. The van der Waals surface area contributed by atoms with Gasteiger partial charge in [0.1, 0.15) is 34.4 Å². The lowest BCUT2D eigenvalue weighted by atomic mass is 9.96. The molecule has 2 heterocycles. The molecule has 1 atom stereocenters. The predicted octanol–water partition coefficient (Wildman–Crippen LogP) is 4.99. The fourth-order valence-electron chi connectivity index (χ4n) is 4.67. The number of halogens is 1. The summed E-state index contributed by atoms with van der Waals surface area (Å²) >= 11 is 0.912. The van der Waals surface area contributed by atoms with E-state index in [2.05, 4.69) is 11.1 Å². The minimum atomic E-state index is -0.933. The van der Waals surface area contributed by atoms with Gasteiger partial charge in [-0.05, 0) is 61.0 Å². The summed E-state index contributed by atoms with van der Waals surface area (Å²) in [7, 11) is 0. The molecule has 0 spiro atoms. The Labute approximate surface area is 260 Å². The lowest BCUT2D eigenvalue weighted by molar-refractivity contribution is -0.121. The molecular formula is C33H22FN5O5S. The molecule has 0 bridgehead atoms. The highest BCUT2D eigenvalue weighted by atomic mass is 32.2.